The van der Waals surface area contributed by atoms with Crippen LogP contribution in [0.4, 0.5) is 0 Å². The second kappa shape index (κ2) is 3.73. The maximum absolute atomic E-state index is 10.4. The Morgan fingerprint density at radius 1 is 1.46 bits per heavy atom. The number of carbonyl (C=O) groups excluding carboxylic acids is 1. The van der Waals surface area contributed by atoms with Crippen LogP contribution in [0.3, 0.4) is 0 Å². The van der Waals surface area contributed by atoms with Crippen LogP contribution in [0.15, 0.2) is 0 Å². The summed E-state index contributed by atoms with van der Waals surface area (Å²) in [5, 5.41) is 4.39. The molecule has 0 fully saturated rings. The van der Waals surface area contributed by atoms with E-state index in [4.69, 9.17) is 0 Å². The van der Waals surface area contributed by atoms with Gasteiger partial charge < -0.3 is 4.79 Å². The van der Waals surface area contributed by atoms with Crippen LogP contribution in [-0.4, -0.2) is 16.1 Å². The molecule has 0 aromatic carbocycles. The van der Waals surface area contributed by atoms with E-state index in [1.54, 1.807) is 0 Å². The summed E-state index contributed by atoms with van der Waals surface area (Å²) in [6.07, 6.45) is 1.41. The Labute approximate surface area is 78.8 Å². The summed E-state index contributed by atoms with van der Waals surface area (Å²) in [5.41, 5.74) is 3.15. The number of carbonyl (C=O) groups is 1. The summed E-state index contributed by atoms with van der Waals surface area (Å²) in [4.78, 5) is 10.4. The Bertz CT molecular complexity index is 313. The van der Waals surface area contributed by atoms with Crippen LogP contribution in [0, 0.1) is 13.8 Å². The Balaban J connectivity index is 3.13. The van der Waals surface area contributed by atoms with Gasteiger partial charge in [-0.1, -0.05) is 0 Å². The van der Waals surface area contributed by atoms with Crippen molar-refractivity contribution in [2.45, 2.75) is 40.2 Å². The average molecular weight is 180 g/mol. The first-order chi connectivity index (χ1) is 6.07. The summed E-state index contributed by atoms with van der Waals surface area (Å²) in [7, 11) is 0. The molecule has 0 saturated heterocycles. The molecule has 0 atom stereocenters. The van der Waals surface area contributed by atoms with Gasteiger partial charge in [-0.2, -0.15) is 5.10 Å². The first-order valence-electron chi connectivity index (χ1n) is 4.56. The highest BCUT2D eigenvalue weighted by atomic mass is 16.1. The lowest BCUT2D eigenvalue weighted by atomic mass is 10.1. The standard InChI is InChI=1S/C10H16N2O/c1-7(2)12-9(4)10(5-6-13)8(3)11-12/h6-7H,5H2,1-4H3. The Hall–Kier alpha value is -1.12. The third kappa shape index (κ3) is 1.79. The number of hydrogen-bond acceptors (Lipinski definition) is 2. The van der Waals surface area contributed by atoms with Crippen LogP contribution in [-0.2, 0) is 11.2 Å². The fourth-order valence-corrected chi connectivity index (χ4v) is 1.58. The van der Waals surface area contributed by atoms with Crippen molar-refractivity contribution in [2.75, 3.05) is 0 Å². The molecule has 0 amide bonds. The molecule has 0 saturated carbocycles. The van der Waals surface area contributed by atoms with Crippen molar-refractivity contribution in [1.29, 1.82) is 0 Å². The zero-order valence-corrected chi connectivity index (χ0v) is 8.66. The fourth-order valence-electron chi connectivity index (χ4n) is 1.58. The molecule has 1 aromatic rings. The van der Waals surface area contributed by atoms with Crippen molar-refractivity contribution in [3.63, 3.8) is 0 Å². The Morgan fingerprint density at radius 3 is 2.46 bits per heavy atom. The van der Waals surface area contributed by atoms with E-state index in [0.29, 0.717) is 12.5 Å². The molecule has 0 bridgehead atoms. The van der Waals surface area contributed by atoms with Gasteiger partial charge in [-0.3, -0.25) is 4.68 Å². The number of rotatable bonds is 3. The average Bonchev–Trinajstić information content (AvgIpc) is 2.32. The molecule has 1 rings (SSSR count). The first-order valence-corrected chi connectivity index (χ1v) is 4.56. The van der Waals surface area contributed by atoms with Gasteiger partial charge in [-0.15, -0.1) is 0 Å². The molecule has 3 nitrogen and oxygen atoms in total. The summed E-state index contributed by atoms with van der Waals surface area (Å²) in [5.74, 6) is 0. The van der Waals surface area contributed by atoms with Crippen LogP contribution in [0.2, 0.25) is 0 Å². The molecule has 0 unspecified atom stereocenters. The van der Waals surface area contributed by atoms with Crippen molar-refractivity contribution in [1.82, 2.24) is 9.78 Å². The predicted octanol–water partition coefficient (Wildman–Crippen LogP) is 1.82. The molecule has 0 spiro atoms. The zero-order valence-electron chi connectivity index (χ0n) is 8.66. The van der Waals surface area contributed by atoms with Crippen molar-refractivity contribution >= 4 is 6.29 Å². The molecule has 1 heterocycles. The van der Waals surface area contributed by atoms with Crippen LogP contribution in [0.5, 0.6) is 0 Å². The van der Waals surface area contributed by atoms with Crippen molar-refractivity contribution in [2.24, 2.45) is 0 Å². The van der Waals surface area contributed by atoms with E-state index in [1.165, 1.54) is 0 Å². The summed E-state index contributed by atoms with van der Waals surface area (Å²) >= 11 is 0. The Morgan fingerprint density at radius 2 is 2.08 bits per heavy atom. The number of nitrogens with zero attached hydrogens (tertiary/aromatic N) is 2. The molecule has 0 aliphatic carbocycles. The van der Waals surface area contributed by atoms with E-state index in [1.807, 2.05) is 18.5 Å². The fraction of sp³-hybridized carbons (Fsp3) is 0.600. The third-order valence-electron chi connectivity index (χ3n) is 2.25. The molecule has 72 valence electrons. The zero-order chi connectivity index (χ0) is 10.0. The largest absolute Gasteiger partial charge is 0.303 e. The number of aldehydes is 1. The van der Waals surface area contributed by atoms with Crippen LogP contribution < -0.4 is 0 Å². The van der Waals surface area contributed by atoms with Gasteiger partial charge in [0.2, 0.25) is 0 Å². The lowest BCUT2D eigenvalue weighted by Crippen LogP contribution is -2.05. The summed E-state index contributed by atoms with van der Waals surface area (Å²) in [6, 6.07) is 0.360. The van der Waals surface area contributed by atoms with Gasteiger partial charge in [0, 0.05) is 23.7 Å². The van der Waals surface area contributed by atoms with E-state index in [2.05, 4.69) is 18.9 Å². The van der Waals surface area contributed by atoms with Gasteiger partial charge in [0.25, 0.3) is 0 Å². The lowest BCUT2D eigenvalue weighted by molar-refractivity contribution is -0.107. The number of aromatic nitrogens is 2. The van der Waals surface area contributed by atoms with Crippen LogP contribution >= 0.6 is 0 Å². The molecule has 3 heteroatoms. The summed E-state index contributed by atoms with van der Waals surface area (Å²) < 4.78 is 1.97. The minimum absolute atomic E-state index is 0.360. The van der Waals surface area contributed by atoms with Crippen molar-refractivity contribution < 1.29 is 4.79 Å². The number of aryl methyl sites for hydroxylation is 1. The minimum atomic E-state index is 0.360. The van der Waals surface area contributed by atoms with Crippen LogP contribution in [0.25, 0.3) is 0 Å². The maximum atomic E-state index is 10.4. The van der Waals surface area contributed by atoms with Gasteiger partial charge >= 0.3 is 0 Å². The highest BCUT2D eigenvalue weighted by Crippen LogP contribution is 2.16. The van der Waals surface area contributed by atoms with E-state index >= 15 is 0 Å². The Kier molecular flexibility index (Phi) is 2.86. The molecule has 0 aliphatic heterocycles. The van der Waals surface area contributed by atoms with Crippen LogP contribution in [0.1, 0.15) is 36.8 Å². The van der Waals surface area contributed by atoms with Crippen molar-refractivity contribution in [3.05, 3.63) is 17.0 Å². The van der Waals surface area contributed by atoms with E-state index in [0.717, 1.165) is 23.2 Å². The molecular formula is C10H16N2O. The molecule has 0 N–H and O–H groups in total. The van der Waals surface area contributed by atoms with E-state index < -0.39 is 0 Å². The maximum Gasteiger partial charge on any atom is 0.124 e. The molecule has 0 radical (unpaired) electrons. The van der Waals surface area contributed by atoms with Gasteiger partial charge in [0.05, 0.1) is 5.69 Å². The first kappa shape index (κ1) is 9.96. The smallest absolute Gasteiger partial charge is 0.124 e. The predicted molar refractivity (Wildman–Crippen MR) is 51.9 cm³/mol. The van der Waals surface area contributed by atoms with Gasteiger partial charge in [-0.05, 0) is 27.7 Å². The molecule has 13 heavy (non-hydrogen) atoms. The normalized spacial score (nSPS) is 10.8. The molecule has 0 aliphatic rings. The molecular weight excluding hydrogens is 164 g/mol. The highest BCUT2D eigenvalue weighted by molar-refractivity contribution is 5.56. The minimum Gasteiger partial charge on any atom is -0.303 e. The lowest BCUT2D eigenvalue weighted by Gasteiger charge is -2.07. The topological polar surface area (TPSA) is 34.9 Å². The van der Waals surface area contributed by atoms with Gasteiger partial charge in [-0.25, -0.2) is 0 Å². The third-order valence-corrected chi connectivity index (χ3v) is 2.25. The second-order valence-electron chi connectivity index (χ2n) is 3.56. The number of hydrogen-bond donors (Lipinski definition) is 0. The summed E-state index contributed by atoms with van der Waals surface area (Å²) in [6.45, 7) is 8.14. The molecule has 1 aromatic heterocycles. The van der Waals surface area contributed by atoms with E-state index in [-0.39, 0.29) is 0 Å². The van der Waals surface area contributed by atoms with Gasteiger partial charge in [0.15, 0.2) is 0 Å². The SMILES string of the molecule is Cc1nn(C(C)C)c(C)c1CC=O. The van der Waals surface area contributed by atoms with Crippen molar-refractivity contribution in [3.8, 4) is 0 Å². The second-order valence-corrected chi connectivity index (χ2v) is 3.56. The van der Waals surface area contributed by atoms with E-state index in [9.17, 15) is 4.79 Å². The highest BCUT2D eigenvalue weighted by Gasteiger charge is 2.12. The monoisotopic (exact) mass is 180 g/mol. The quantitative estimate of drug-likeness (QED) is 0.665. The van der Waals surface area contributed by atoms with Gasteiger partial charge in [0.1, 0.15) is 6.29 Å².